The van der Waals surface area contributed by atoms with Gasteiger partial charge in [-0.15, -0.1) is 0 Å². The highest BCUT2D eigenvalue weighted by Gasteiger charge is 2.41. The zero-order valence-corrected chi connectivity index (χ0v) is 17.8. The number of carbonyl (C=O) groups excluding carboxylic acids is 1. The largest absolute Gasteiger partial charge is 0.487 e. The van der Waals surface area contributed by atoms with E-state index in [0.29, 0.717) is 29.1 Å². The summed E-state index contributed by atoms with van der Waals surface area (Å²) in [7, 11) is 0. The van der Waals surface area contributed by atoms with Crippen LogP contribution in [0.25, 0.3) is 5.52 Å². The third-order valence-corrected chi connectivity index (χ3v) is 5.19. The molecule has 4 rings (SSSR count). The monoisotopic (exact) mass is 426 g/mol. The number of fused-ring (bicyclic) bond motifs is 1. The first kappa shape index (κ1) is 21.2. The quantitative estimate of drug-likeness (QED) is 0.620. The molecule has 9 heteroatoms. The molecule has 31 heavy (non-hydrogen) atoms. The van der Waals surface area contributed by atoms with E-state index in [4.69, 9.17) is 14.2 Å². The molecule has 0 atom stereocenters. The highest BCUT2D eigenvalue weighted by molar-refractivity contribution is 6.02. The number of nitrogens with zero attached hydrogens (tertiary/aromatic N) is 3. The van der Waals surface area contributed by atoms with E-state index in [1.54, 1.807) is 49.8 Å². The molecule has 0 spiro atoms. The lowest BCUT2D eigenvalue weighted by Crippen LogP contribution is -2.63. The first-order valence-corrected chi connectivity index (χ1v) is 10.0. The molecule has 1 aliphatic heterocycles. The Morgan fingerprint density at radius 2 is 2.06 bits per heavy atom. The van der Waals surface area contributed by atoms with Gasteiger partial charge >= 0.3 is 0 Å². The molecule has 3 aromatic rings. The summed E-state index contributed by atoms with van der Waals surface area (Å²) in [6, 6.07) is 9.17. The Bertz CT molecular complexity index is 1070. The van der Waals surface area contributed by atoms with Crippen molar-refractivity contribution < 1.29 is 24.1 Å². The molecule has 1 amide bonds. The van der Waals surface area contributed by atoms with Gasteiger partial charge in [0.2, 0.25) is 0 Å². The predicted molar refractivity (Wildman–Crippen MR) is 112 cm³/mol. The molecule has 0 aliphatic carbocycles. The van der Waals surface area contributed by atoms with Crippen molar-refractivity contribution in [2.24, 2.45) is 0 Å². The maximum atomic E-state index is 13.2. The van der Waals surface area contributed by atoms with Crippen LogP contribution < -0.4 is 10.1 Å². The summed E-state index contributed by atoms with van der Waals surface area (Å²) in [6.45, 7) is 5.61. The number of hydrogen-bond donors (Lipinski definition) is 2. The van der Waals surface area contributed by atoms with Gasteiger partial charge in [-0.1, -0.05) is 6.07 Å². The Kier molecular flexibility index (Phi) is 5.65. The van der Waals surface area contributed by atoms with Crippen LogP contribution in [0.1, 0.15) is 35.6 Å². The Hall–Kier alpha value is -3.01. The third kappa shape index (κ3) is 4.53. The lowest BCUT2D eigenvalue weighted by Gasteiger charge is -2.42. The van der Waals surface area contributed by atoms with Gasteiger partial charge in [-0.05, 0) is 39.0 Å². The maximum Gasteiger partial charge on any atom is 0.256 e. The van der Waals surface area contributed by atoms with Crippen LogP contribution in [0.2, 0.25) is 0 Å². The molecule has 3 aromatic heterocycles. The van der Waals surface area contributed by atoms with Crippen molar-refractivity contribution in [2.75, 3.05) is 19.8 Å². The van der Waals surface area contributed by atoms with E-state index >= 15 is 0 Å². The van der Waals surface area contributed by atoms with E-state index in [9.17, 15) is 9.90 Å². The molecule has 9 nitrogen and oxygen atoms in total. The lowest BCUT2D eigenvalue weighted by atomic mass is 10.0. The number of aromatic nitrogens is 3. The Labute approximate surface area is 180 Å². The minimum Gasteiger partial charge on any atom is -0.487 e. The topological polar surface area (TPSA) is 107 Å². The minimum atomic E-state index is -1.03. The second-order valence-electron chi connectivity index (χ2n) is 8.13. The van der Waals surface area contributed by atoms with Crippen molar-refractivity contribution in [1.29, 1.82) is 0 Å². The van der Waals surface area contributed by atoms with Gasteiger partial charge in [0.1, 0.15) is 17.9 Å². The number of amides is 1. The van der Waals surface area contributed by atoms with Crippen molar-refractivity contribution in [2.45, 2.75) is 38.7 Å². The van der Waals surface area contributed by atoms with Crippen molar-refractivity contribution in [3.8, 4) is 5.75 Å². The number of hydrogen-bond acceptors (Lipinski definition) is 7. The van der Waals surface area contributed by atoms with Crippen molar-refractivity contribution in [3.05, 3.63) is 59.7 Å². The van der Waals surface area contributed by atoms with Gasteiger partial charge in [-0.25, -0.2) is 4.52 Å². The molecule has 0 aromatic carbocycles. The molecule has 4 heterocycles. The standard InChI is InChI=1S/C22H26N4O5/c1-15-19(20(28)24-22(12-27)13-30-21(2,3)31-14-22)18-10-17(7-9-26(18)25-15)29-11-16-6-4-5-8-23-16/h4-10,27H,11-14H2,1-3H3,(H,24,28). The molecular formula is C22H26N4O5. The van der Waals surface area contributed by atoms with Gasteiger partial charge in [0.25, 0.3) is 5.91 Å². The number of ether oxygens (including phenoxy) is 3. The van der Waals surface area contributed by atoms with E-state index in [-0.39, 0.29) is 25.7 Å². The fraction of sp³-hybridized carbons (Fsp3) is 0.409. The summed E-state index contributed by atoms with van der Waals surface area (Å²) in [5.74, 6) is -0.533. The summed E-state index contributed by atoms with van der Waals surface area (Å²) in [4.78, 5) is 17.4. The van der Waals surface area contributed by atoms with Crippen molar-refractivity contribution in [3.63, 3.8) is 0 Å². The molecule has 0 unspecified atom stereocenters. The van der Waals surface area contributed by atoms with Gasteiger partial charge < -0.3 is 24.6 Å². The smallest absolute Gasteiger partial charge is 0.256 e. The second-order valence-corrected chi connectivity index (χ2v) is 8.13. The van der Waals surface area contributed by atoms with Crippen molar-refractivity contribution in [1.82, 2.24) is 19.9 Å². The number of aliphatic hydroxyl groups is 1. The molecule has 1 fully saturated rings. The summed E-state index contributed by atoms with van der Waals surface area (Å²) in [6.07, 6.45) is 3.45. The van der Waals surface area contributed by atoms with E-state index < -0.39 is 11.3 Å². The average Bonchev–Trinajstić information content (AvgIpc) is 3.10. The molecule has 1 saturated heterocycles. The van der Waals surface area contributed by atoms with Crippen LogP contribution in [0.3, 0.4) is 0 Å². The lowest BCUT2D eigenvalue weighted by molar-refractivity contribution is -0.273. The third-order valence-electron chi connectivity index (χ3n) is 5.19. The molecule has 0 bridgehead atoms. The van der Waals surface area contributed by atoms with E-state index in [2.05, 4.69) is 15.4 Å². The molecule has 0 radical (unpaired) electrons. The predicted octanol–water partition coefficient (Wildman–Crippen LogP) is 1.86. The number of aryl methyl sites for hydroxylation is 1. The van der Waals surface area contributed by atoms with Crippen LogP contribution in [-0.2, 0) is 16.1 Å². The minimum absolute atomic E-state index is 0.138. The van der Waals surface area contributed by atoms with E-state index in [0.717, 1.165) is 5.69 Å². The Balaban J connectivity index is 1.56. The maximum absolute atomic E-state index is 13.2. The Morgan fingerprint density at radius 1 is 1.29 bits per heavy atom. The summed E-state index contributed by atoms with van der Waals surface area (Å²) in [5.41, 5.74) is 1.33. The molecule has 164 valence electrons. The first-order valence-electron chi connectivity index (χ1n) is 10.0. The Morgan fingerprint density at radius 3 is 2.74 bits per heavy atom. The normalized spacial score (nSPS) is 17.4. The molecular weight excluding hydrogens is 400 g/mol. The van der Waals surface area contributed by atoms with E-state index in [1.165, 1.54) is 0 Å². The van der Waals surface area contributed by atoms with E-state index in [1.807, 2.05) is 18.2 Å². The highest BCUT2D eigenvalue weighted by atomic mass is 16.7. The summed E-state index contributed by atoms with van der Waals surface area (Å²) < 4.78 is 18.8. The van der Waals surface area contributed by atoms with Gasteiger partial charge in [0.05, 0.1) is 42.3 Å². The van der Waals surface area contributed by atoms with Gasteiger partial charge in [0.15, 0.2) is 5.79 Å². The van der Waals surface area contributed by atoms with Crippen LogP contribution in [-0.4, -0.2) is 56.8 Å². The number of carbonyl (C=O) groups is 1. The van der Waals surface area contributed by atoms with Gasteiger partial charge in [-0.3, -0.25) is 9.78 Å². The zero-order valence-electron chi connectivity index (χ0n) is 17.8. The van der Waals surface area contributed by atoms with Crippen LogP contribution in [0.5, 0.6) is 5.75 Å². The average molecular weight is 426 g/mol. The second kappa shape index (κ2) is 8.26. The van der Waals surface area contributed by atoms with Crippen LogP contribution in [0.4, 0.5) is 0 Å². The number of rotatable bonds is 6. The summed E-state index contributed by atoms with van der Waals surface area (Å²) in [5, 5.41) is 17.3. The fourth-order valence-corrected chi connectivity index (χ4v) is 3.37. The van der Waals surface area contributed by atoms with Crippen LogP contribution in [0.15, 0.2) is 42.7 Å². The number of aliphatic hydroxyl groups excluding tert-OH is 1. The first-order chi connectivity index (χ1) is 14.8. The number of nitrogens with one attached hydrogen (secondary N) is 1. The molecule has 1 aliphatic rings. The van der Waals surface area contributed by atoms with Crippen LogP contribution in [0, 0.1) is 6.92 Å². The molecule has 0 saturated carbocycles. The van der Waals surface area contributed by atoms with Gasteiger partial charge in [-0.2, -0.15) is 5.10 Å². The zero-order chi connectivity index (χ0) is 22.1. The molecule has 2 N–H and O–H groups in total. The fourth-order valence-electron chi connectivity index (χ4n) is 3.37. The van der Waals surface area contributed by atoms with Crippen LogP contribution >= 0.6 is 0 Å². The SMILES string of the molecule is Cc1nn2ccc(OCc3ccccn3)cc2c1C(=O)NC1(CO)COC(C)(C)OC1. The van der Waals surface area contributed by atoms with Crippen molar-refractivity contribution >= 4 is 11.4 Å². The number of pyridine rings is 2. The highest BCUT2D eigenvalue weighted by Crippen LogP contribution is 2.26. The van der Waals surface area contributed by atoms with Gasteiger partial charge in [0, 0.05) is 18.5 Å². The summed E-state index contributed by atoms with van der Waals surface area (Å²) >= 11 is 0.